The summed E-state index contributed by atoms with van der Waals surface area (Å²) in [6.07, 6.45) is 0.794. The van der Waals surface area contributed by atoms with Gasteiger partial charge >= 0.3 is 5.69 Å². The van der Waals surface area contributed by atoms with E-state index in [1.165, 1.54) is 0 Å². The van der Waals surface area contributed by atoms with Crippen molar-refractivity contribution in [3.63, 3.8) is 0 Å². The molecule has 0 amide bonds. The summed E-state index contributed by atoms with van der Waals surface area (Å²) in [6.45, 7) is 1.68. The predicted octanol–water partition coefficient (Wildman–Crippen LogP) is -1.71. The average molecular weight is 235 g/mol. The van der Waals surface area contributed by atoms with Gasteiger partial charge in [-0.15, -0.1) is 0 Å². The monoisotopic (exact) mass is 235 g/mol. The maximum atomic E-state index is 11.3. The van der Waals surface area contributed by atoms with E-state index in [2.05, 4.69) is 4.84 Å². The fourth-order valence-electron chi connectivity index (χ4n) is 0.778. The van der Waals surface area contributed by atoms with Gasteiger partial charge in [0.15, 0.2) is 4.90 Å². The van der Waals surface area contributed by atoms with Gasteiger partial charge in [-0.2, -0.15) is 0 Å². The van der Waals surface area contributed by atoms with Gasteiger partial charge in [-0.05, 0) is 6.92 Å². The number of hydrogen-bond donors (Lipinski definition) is 3. The summed E-state index contributed by atoms with van der Waals surface area (Å²) in [7, 11) is -4.06. The topological polar surface area (TPSA) is 121 Å². The van der Waals surface area contributed by atoms with Crippen LogP contribution < -0.4 is 16.1 Å². The number of aromatic nitrogens is 2. The van der Waals surface area contributed by atoms with Crippen molar-refractivity contribution in [2.45, 2.75) is 11.8 Å². The quantitative estimate of drug-likeness (QED) is 0.537. The Labute approximate surface area is 84.3 Å². The lowest BCUT2D eigenvalue weighted by Crippen LogP contribution is -2.33. The molecule has 1 aromatic heterocycles. The van der Waals surface area contributed by atoms with Gasteiger partial charge in [0.25, 0.3) is 15.6 Å². The highest BCUT2D eigenvalue weighted by atomic mass is 32.2. The van der Waals surface area contributed by atoms with Crippen LogP contribution >= 0.6 is 0 Å². The van der Waals surface area contributed by atoms with Crippen LogP contribution in [0.25, 0.3) is 0 Å². The minimum Gasteiger partial charge on any atom is -0.313 e. The SMILES string of the molecule is CCONS(=O)(=O)c1c[nH]c(=O)[nH]c1=O. The summed E-state index contributed by atoms with van der Waals surface area (Å²) in [4.78, 5) is 31.1. The van der Waals surface area contributed by atoms with Gasteiger partial charge in [-0.25, -0.2) is 13.2 Å². The van der Waals surface area contributed by atoms with Crippen molar-refractivity contribution in [3.8, 4) is 0 Å². The van der Waals surface area contributed by atoms with Gasteiger partial charge in [0.05, 0.1) is 6.61 Å². The Morgan fingerprint density at radius 1 is 1.47 bits per heavy atom. The summed E-state index contributed by atoms with van der Waals surface area (Å²) < 4.78 is 22.7. The molecule has 1 heterocycles. The van der Waals surface area contributed by atoms with Crippen molar-refractivity contribution in [1.29, 1.82) is 0 Å². The summed E-state index contributed by atoms with van der Waals surface area (Å²) in [6, 6.07) is 0. The van der Waals surface area contributed by atoms with Crippen molar-refractivity contribution in [2.24, 2.45) is 0 Å². The second-order valence-electron chi connectivity index (χ2n) is 2.46. The molecule has 9 heteroatoms. The normalized spacial score (nSPS) is 11.5. The fourth-order valence-corrected chi connectivity index (χ4v) is 1.65. The molecule has 0 fully saturated rings. The molecule has 0 saturated carbocycles. The Morgan fingerprint density at radius 3 is 2.67 bits per heavy atom. The highest BCUT2D eigenvalue weighted by molar-refractivity contribution is 7.89. The lowest BCUT2D eigenvalue weighted by Gasteiger charge is -2.03. The van der Waals surface area contributed by atoms with Crippen LogP contribution in [0.2, 0.25) is 0 Å². The van der Waals surface area contributed by atoms with Gasteiger partial charge in [0.2, 0.25) is 0 Å². The molecule has 15 heavy (non-hydrogen) atoms. The number of sulfonamides is 1. The lowest BCUT2D eigenvalue weighted by molar-refractivity contribution is 0.105. The first-order valence-corrected chi connectivity index (χ1v) is 5.41. The van der Waals surface area contributed by atoms with E-state index in [4.69, 9.17) is 0 Å². The summed E-state index contributed by atoms with van der Waals surface area (Å²) in [5.41, 5.74) is -1.79. The van der Waals surface area contributed by atoms with Gasteiger partial charge < -0.3 is 4.98 Å². The van der Waals surface area contributed by atoms with Crippen LogP contribution in [0.3, 0.4) is 0 Å². The maximum Gasteiger partial charge on any atom is 0.325 e. The van der Waals surface area contributed by atoms with Crippen LogP contribution in [0, 0.1) is 0 Å². The Balaban J connectivity index is 3.17. The van der Waals surface area contributed by atoms with E-state index in [9.17, 15) is 18.0 Å². The molecule has 0 aromatic carbocycles. The van der Waals surface area contributed by atoms with Crippen LogP contribution in [-0.2, 0) is 14.9 Å². The molecule has 1 aromatic rings. The van der Waals surface area contributed by atoms with E-state index >= 15 is 0 Å². The minimum absolute atomic E-state index is 0.112. The number of nitrogens with one attached hydrogen (secondary N) is 3. The lowest BCUT2D eigenvalue weighted by atomic mass is 10.7. The second kappa shape index (κ2) is 4.38. The highest BCUT2D eigenvalue weighted by Gasteiger charge is 2.18. The van der Waals surface area contributed by atoms with Crippen molar-refractivity contribution in [2.75, 3.05) is 6.61 Å². The number of rotatable bonds is 4. The third kappa shape index (κ3) is 2.75. The molecule has 3 N–H and O–H groups in total. The molecule has 1 rings (SSSR count). The Bertz CT molecular complexity index is 542. The molecule has 0 aliphatic heterocycles. The third-order valence-corrected chi connectivity index (χ3v) is 2.61. The summed E-state index contributed by atoms with van der Waals surface area (Å²) in [5, 5.41) is 0. The second-order valence-corrected chi connectivity index (χ2v) is 4.07. The van der Waals surface area contributed by atoms with Crippen molar-refractivity contribution in [3.05, 3.63) is 27.0 Å². The van der Waals surface area contributed by atoms with E-state index in [0.717, 1.165) is 6.20 Å². The molecule has 0 unspecified atom stereocenters. The Morgan fingerprint density at radius 2 is 2.13 bits per heavy atom. The van der Waals surface area contributed by atoms with E-state index in [1.807, 2.05) is 4.98 Å². The average Bonchev–Trinajstić information content (AvgIpc) is 2.14. The van der Waals surface area contributed by atoms with Gasteiger partial charge in [-0.1, -0.05) is 4.89 Å². The largest absolute Gasteiger partial charge is 0.325 e. The molecular formula is C6H9N3O5S. The van der Waals surface area contributed by atoms with E-state index in [0.29, 0.717) is 0 Å². The molecule has 0 bridgehead atoms. The molecule has 84 valence electrons. The zero-order chi connectivity index (χ0) is 11.5. The first-order valence-electron chi connectivity index (χ1n) is 3.93. The van der Waals surface area contributed by atoms with Crippen LogP contribution in [0.5, 0.6) is 0 Å². The molecule has 8 nitrogen and oxygen atoms in total. The van der Waals surface area contributed by atoms with Crippen LogP contribution in [-0.4, -0.2) is 25.0 Å². The molecule has 0 radical (unpaired) electrons. The van der Waals surface area contributed by atoms with E-state index in [-0.39, 0.29) is 6.61 Å². The Kier molecular flexibility index (Phi) is 3.39. The molecular weight excluding hydrogens is 226 g/mol. The predicted molar refractivity (Wildman–Crippen MR) is 49.6 cm³/mol. The fraction of sp³-hybridized carbons (Fsp3) is 0.333. The molecule has 0 saturated heterocycles. The molecule has 0 spiro atoms. The smallest absolute Gasteiger partial charge is 0.313 e. The molecule has 0 aliphatic rings. The minimum atomic E-state index is -4.06. The van der Waals surface area contributed by atoms with E-state index < -0.39 is 26.2 Å². The van der Waals surface area contributed by atoms with Crippen LogP contribution in [0.1, 0.15) is 6.92 Å². The summed E-state index contributed by atoms with van der Waals surface area (Å²) >= 11 is 0. The van der Waals surface area contributed by atoms with Crippen molar-refractivity contribution in [1.82, 2.24) is 14.9 Å². The standard InChI is InChI=1S/C6H9N3O5S/c1-2-14-9-15(12,13)4-3-7-6(11)8-5(4)10/h3,9H,2H2,1H3,(H2,7,8,10,11). The van der Waals surface area contributed by atoms with Crippen molar-refractivity contribution >= 4 is 10.0 Å². The zero-order valence-corrected chi connectivity index (χ0v) is 8.55. The number of hydrogen-bond acceptors (Lipinski definition) is 5. The van der Waals surface area contributed by atoms with Gasteiger partial charge in [0, 0.05) is 6.20 Å². The summed E-state index contributed by atoms with van der Waals surface area (Å²) in [5.74, 6) is 0. The van der Waals surface area contributed by atoms with Gasteiger partial charge in [0.1, 0.15) is 0 Å². The van der Waals surface area contributed by atoms with Gasteiger partial charge in [-0.3, -0.25) is 14.6 Å². The van der Waals surface area contributed by atoms with Crippen molar-refractivity contribution < 1.29 is 13.3 Å². The maximum absolute atomic E-state index is 11.3. The van der Waals surface area contributed by atoms with E-state index in [1.54, 1.807) is 16.8 Å². The number of aromatic amines is 2. The van der Waals surface area contributed by atoms with Crippen LogP contribution in [0.4, 0.5) is 0 Å². The molecule has 0 aliphatic carbocycles. The Hall–Kier alpha value is -1.45. The third-order valence-electron chi connectivity index (χ3n) is 1.39. The number of H-pyrrole nitrogens is 2. The first-order chi connectivity index (χ1) is 6.97. The molecule has 0 atom stereocenters. The first kappa shape index (κ1) is 11.6. The highest BCUT2D eigenvalue weighted by Crippen LogP contribution is 1.97. The zero-order valence-electron chi connectivity index (χ0n) is 7.73. The van der Waals surface area contributed by atoms with Crippen LogP contribution in [0.15, 0.2) is 20.7 Å².